The van der Waals surface area contributed by atoms with E-state index in [0.717, 1.165) is 33.4 Å². The number of thioether (sulfide) groups is 2. The zero-order chi connectivity index (χ0) is 18.0. The third-order valence-corrected chi connectivity index (χ3v) is 6.05. The SMILES string of the molecule is Cc1nnc(SCC(=O)N2CC[C@@H](C)Sc3ccccc32)n(N)c1=O. The summed E-state index contributed by atoms with van der Waals surface area (Å²) in [6.07, 6.45) is 0.918. The molecule has 1 aromatic carbocycles. The second kappa shape index (κ2) is 7.49. The monoisotopic (exact) mass is 377 g/mol. The molecule has 7 nitrogen and oxygen atoms in total. The molecule has 0 spiro atoms. The van der Waals surface area contributed by atoms with Gasteiger partial charge in [0.25, 0.3) is 5.56 Å². The van der Waals surface area contributed by atoms with Gasteiger partial charge in [-0.05, 0) is 25.5 Å². The van der Waals surface area contributed by atoms with Gasteiger partial charge in [0.1, 0.15) is 5.69 Å². The quantitative estimate of drug-likeness (QED) is 0.642. The van der Waals surface area contributed by atoms with Crippen LogP contribution in [0.25, 0.3) is 0 Å². The molecule has 0 saturated carbocycles. The number of carbonyl (C=O) groups is 1. The maximum atomic E-state index is 12.8. The predicted octanol–water partition coefficient (Wildman–Crippen LogP) is 1.67. The predicted molar refractivity (Wildman–Crippen MR) is 101 cm³/mol. The lowest BCUT2D eigenvalue weighted by molar-refractivity contribution is -0.116. The minimum absolute atomic E-state index is 0.0398. The molecular formula is C16H19N5O2S2. The number of carbonyl (C=O) groups excluding carboxylic acids is 1. The van der Waals surface area contributed by atoms with Crippen LogP contribution in [0, 0.1) is 6.92 Å². The number of hydrogen-bond donors (Lipinski definition) is 1. The normalized spacial score (nSPS) is 17.0. The molecule has 0 radical (unpaired) electrons. The second-order valence-electron chi connectivity index (χ2n) is 5.76. The van der Waals surface area contributed by atoms with E-state index in [0.29, 0.717) is 11.8 Å². The average molecular weight is 377 g/mol. The van der Waals surface area contributed by atoms with Crippen LogP contribution in [0.1, 0.15) is 19.0 Å². The zero-order valence-electron chi connectivity index (χ0n) is 14.0. The Morgan fingerprint density at radius 3 is 2.96 bits per heavy atom. The number of nitrogens with two attached hydrogens (primary N) is 1. The number of rotatable bonds is 3. The lowest BCUT2D eigenvalue weighted by Crippen LogP contribution is -2.35. The summed E-state index contributed by atoms with van der Waals surface area (Å²) >= 11 is 2.91. The first kappa shape index (κ1) is 17.8. The highest BCUT2D eigenvalue weighted by Gasteiger charge is 2.24. The van der Waals surface area contributed by atoms with Crippen molar-refractivity contribution in [3.05, 3.63) is 40.3 Å². The second-order valence-corrected chi connectivity index (χ2v) is 8.18. The molecule has 0 bridgehead atoms. The minimum Gasteiger partial charge on any atom is -0.334 e. The van der Waals surface area contributed by atoms with Gasteiger partial charge in [-0.15, -0.1) is 22.0 Å². The molecule has 9 heteroatoms. The Labute approximate surface area is 154 Å². The Hall–Kier alpha value is -2.00. The summed E-state index contributed by atoms with van der Waals surface area (Å²) in [4.78, 5) is 27.5. The minimum atomic E-state index is -0.407. The van der Waals surface area contributed by atoms with Crippen molar-refractivity contribution in [2.75, 3.05) is 23.0 Å². The Morgan fingerprint density at radius 2 is 2.16 bits per heavy atom. The van der Waals surface area contributed by atoms with Crippen LogP contribution in [0.2, 0.25) is 0 Å². The fraction of sp³-hybridized carbons (Fsp3) is 0.375. The van der Waals surface area contributed by atoms with E-state index < -0.39 is 5.56 Å². The van der Waals surface area contributed by atoms with Crippen LogP contribution in [-0.4, -0.2) is 38.3 Å². The molecule has 1 amide bonds. The van der Waals surface area contributed by atoms with Gasteiger partial charge in [0.2, 0.25) is 11.1 Å². The largest absolute Gasteiger partial charge is 0.334 e. The van der Waals surface area contributed by atoms with Gasteiger partial charge >= 0.3 is 0 Å². The number of hydrogen-bond acceptors (Lipinski definition) is 7. The molecule has 2 heterocycles. The van der Waals surface area contributed by atoms with Crippen molar-refractivity contribution in [3.8, 4) is 0 Å². The molecule has 0 fully saturated rings. The van der Waals surface area contributed by atoms with E-state index in [9.17, 15) is 9.59 Å². The summed E-state index contributed by atoms with van der Waals surface area (Å²) in [5.74, 6) is 5.82. The Balaban J connectivity index is 1.78. The summed E-state index contributed by atoms with van der Waals surface area (Å²) in [6, 6.07) is 7.92. The Bertz CT molecular complexity index is 855. The number of amides is 1. The first-order valence-electron chi connectivity index (χ1n) is 7.87. The number of para-hydroxylation sites is 1. The van der Waals surface area contributed by atoms with Crippen LogP contribution >= 0.6 is 23.5 Å². The van der Waals surface area contributed by atoms with Gasteiger partial charge < -0.3 is 10.7 Å². The van der Waals surface area contributed by atoms with Crippen LogP contribution in [0.4, 0.5) is 5.69 Å². The molecule has 25 heavy (non-hydrogen) atoms. The van der Waals surface area contributed by atoms with E-state index in [1.165, 1.54) is 0 Å². The Kier molecular flexibility index (Phi) is 5.33. The molecule has 1 aromatic heterocycles. The molecule has 132 valence electrons. The van der Waals surface area contributed by atoms with Crippen molar-refractivity contribution in [2.45, 2.75) is 35.6 Å². The number of nitrogen functional groups attached to an aromatic ring is 1. The molecular weight excluding hydrogens is 358 g/mol. The van der Waals surface area contributed by atoms with Crippen molar-refractivity contribution in [1.29, 1.82) is 0 Å². The fourth-order valence-corrected chi connectivity index (χ4v) is 4.36. The van der Waals surface area contributed by atoms with Gasteiger partial charge in [0, 0.05) is 16.7 Å². The van der Waals surface area contributed by atoms with E-state index in [4.69, 9.17) is 5.84 Å². The van der Waals surface area contributed by atoms with Gasteiger partial charge in [-0.2, -0.15) is 4.68 Å². The van der Waals surface area contributed by atoms with Crippen molar-refractivity contribution in [1.82, 2.24) is 14.9 Å². The number of aryl methyl sites for hydroxylation is 1. The highest BCUT2D eigenvalue weighted by Crippen LogP contribution is 2.37. The van der Waals surface area contributed by atoms with Gasteiger partial charge in [0.15, 0.2) is 0 Å². The standard InChI is InChI=1S/C16H19N5O2S2/c1-10-7-8-20(12-5-3-4-6-13(12)25-10)14(22)9-24-16-19-18-11(2)15(23)21(16)17/h3-6,10H,7-9,17H2,1-2H3/t10-/m1/s1. The molecule has 2 N–H and O–H groups in total. The smallest absolute Gasteiger partial charge is 0.294 e. The summed E-state index contributed by atoms with van der Waals surface area (Å²) in [5, 5.41) is 8.36. The first-order valence-corrected chi connectivity index (χ1v) is 9.74. The van der Waals surface area contributed by atoms with Crippen LogP contribution in [-0.2, 0) is 4.79 Å². The number of anilines is 1. The van der Waals surface area contributed by atoms with E-state index in [2.05, 4.69) is 17.1 Å². The van der Waals surface area contributed by atoms with Crippen LogP contribution < -0.4 is 16.3 Å². The van der Waals surface area contributed by atoms with Gasteiger partial charge in [0.05, 0.1) is 11.4 Å². The zero-order valence-corrected chi connectivity index (χ0v) is 15.6. The summed E-state index contributed by atoms with van der Waals surface area (Å²) in [6.45, 7) is 4.38. The fourth-order valence-electron chi connectivity index (χ4n) is 2.52. The van der Waals surface area contributed by atoms with E-state index in [-0.39, 0.29) is 22.5 Å². The molecule has 1 aliphatic heterocycles. The van der Waals surface area contributed by atoms with Crippen molar-refractivity contribution in [2.24, 2.45) is 0 Å². The number of fused-ring (bicyclic) bond motifs is 1. The van der Waals surface area contributed by atoms with Gasteiger partial charge in [-0.3, -0.25) is 9.59 Å². The van der Waals surface area contributed by atoms with Gasteiger partial charge in [-0.1, -0.05) is 30.8 Å². The maximum absolute atomic E-state index is 12.8. The maximum Gasteiger partial charge on any atom is 0.294 e. The molecule has 0 unspecified atom stereocenters. The third-order valence-electron chi connectivity index (χ3n) is 3.89. The number of aromatic nitrogens is 3. The van der Waals surface area contributed by atoms with Crippen molar-refractivity contribution >= 4 is 35.1 Å². The van der Waals surface area contributed by atoms with Gasteiger partial charge in [-0.25, -0.2) is 0 Å². The van der Waals surface area contributed by atoms with E-state index >= 15 is 0 Å². The van der Waals surface area contributed by atoms with E-state index in [1.54, 1.807) is 23.6 Å². The van der Waals surface area contributed by atoms with Crippen LogP contribution in [0.5, 0.6) is 0 Å². The summed E-state index contributed by atoms with van der Waals surface area (Å²) in [7, 11) is 0. The molecule has 2 aromatic rings. The highest BCUT2D eigenvalue weighted by atomic mass is 32.2. The average Bonchev–Trinajstić information content (AvgIpc) is 2.77. The topological polar surface area (TPSA) is 94.1 Å². The lowest BCUT2D eigenvalue weighted by Gasteiger charge is -2.22. The van der Waals surface area contributed by atoms with E-state index in [1.807, 2.05) is 24.3 Å². The summed E-state index contributed by atoms with van der Waals surface area (Å²) < 4.78 is 0.939. The van der Waals surface area contributed by atoms with Crippen LogP contribution in [0.3, 0.4) is 0 Å². The molecule has 1 aliphatic rings. The molecule has 3 rings (SSSR count). The number of benzene rings is 1. The number of nitrogens with zero attached hydrogens (tertiary/aromatic N) is 4. The first-order chi connectivity index (χ1) is 12.0. The van der Waals surface area contributed by atoms with Crippen LogP contribution in [0.15, 0.2) is 39.1 Å². The van der Waals surface area contributed by atoms with Crippen molar-refractivity contribution in [3.63, 3.8) is 0 Å². The molecule has 1 atom stereocenters. The third kappa shape index (κ3) is 3.82. The molecule has 0 aliphatic carbocycles. The highest BCUT2D eigenvalue weighted by molar-refractivity contribution is 8.00. The Morgan fingerprint density at radius 1 is 1.40 bits per heavy atom. The lowest BCUT2D eigenvalue weighted by atomic mass is 10.2. The van der Waals surface area contributed by atoms with Crippen molar-refractivity contribution < 1.29 is 4.79 Å². The molecule has 0 saturated heterocycles. The summed E-state index contributed by atoms with van der Waals surface area (Å²) in [5.41, 5.74) is 0.753.